The Labute approximate surface area is 114 Å². The maximum absolute atomic E-state index is 6.05. The van der Waals surface area contributed by atoms with Crippen LogP contribution in [-0.2, 0) is 0 Å². The van der Waals surface area contributed by atoms with Crippen molar-refractivity contribution in [1.82, 2.24) is 0 Å². The first kappa shape index (κ1) is 14.4. The van der Waals surface area contributed by atoms with Crippen LogP contribution in [0.5, 0.6) is 0 Å². The van der Waals surface area contributed by atoms with Crippen molar-refractivity contribution >= 4 is 0 Å². The maximum Gasteiger partial charge on any atom is -0.00461 e. The van der Waals surface area contributed by atoms with Gasteiger partial charge in [0.1, 0.15) is 0 Å². The molecule has 2 rings (SSSR count). The summed E-state index contributed by atoms with van der Waals surface area (Å²) in [6.07, 6.45) is 13.1. The Morgan fingerprint density at radius 1 is 0.889 bits per heavy atom. The highest BCUT2D eigenvalue weighted by molar-refractivity contribution is 4.87. The summed E-state index contributed by atoms with van der Waals surface area (Å²) in [6, 6.07) is 0. The molecule has 0 spiro atoms. The molecule has 0 bridgehead atoms. The van der Waals surface area contributed by atoms with E-state index in [2.05, 4.69) is 13.8 Å². The summed E-state index contributed by atoms with van der Waals surface area (Å²) in [5, 5.41) is 0. The predicted molar refractivity (Wildman–Crippen MR) is 79.4 cm³/mol. The van der Waals surface area contributed by atoms with Gasteiger partial charge in [0, 0.05) is 0 Å². The van der Waals surface area contributed by atoms with E-state index in [-0.39, 0.29) is 0 Å². The van der Waals surface area contributed by atoms with Gasteiger partial charge in [0.2, 0.25) is 0 Å². The van der Waals surface area contributed by atoms with Crippen LogP contribution in [0.4, 0.5) is 0 Å². The minimum atomic E-state index is 0.841. The minimum Gasteiger partial charge on any atom is -0.330 e. The van der Waals surface area contributed by atoms with Gasteiger partial charge >= 0.3 is 0 Å². The second-order valence-corrected chi connectivity index (χ2v) is 6.95. The van der Waals surface area contributed by atoms with Gasteiger partial charge in [0.25, 0.3) is 0 Å². The zero-order valence-electron chi connectivity index (χ0n) is 12.5. The van der Waals surface area contributed by atoms with E-state index >= 15 is 0 Å². The van der Waals surface area contributed by atoms with Gasteiger partial charge in [-0.25, -0.2) is 0 Å². The summed E-state index contributed by atoms with van der Waals surface area (Å²) < 4.78 is 0. The highest BCUT2D eigenvalue weighted by Crippen LogP contribution is 2.45. The molecule has 0 aromatic carbocycles. The molecule has 2 N–H and O–H groups in total. The van der Waals surface area contributed by atoms with Gasteiger partial charge in [-0.3, -0.25) is 0 Å². The molecule has 106 valence electrons. The second-order valence-electron chi connectivity index (χ2n) is 6.95. The quantitative estimate of drug-likeness (QED) is 0.776. The molecule has 2 aliphatic rings. The molecule has 5 atom stereocenters. The molecule has 0 aromatic heterocycles. The van der Waals surface area contributed by atoms with Gasteiger partial charge < -0.3 is 5.73 Å². The molecule has 0 aromatic rings. The lowest BCUT2D eigenvalue weighted by molar-refractivity contribution is 0.0816. The summed E-state index contributed by atoms with van der Waals surface area (Å²) in [5.41, 5.74) is 6.05. The minimum absolute atomic E-state index is 0.841. The van der Waals surface area contributed by atoms with Crippen molar-refractivity contribution in [2.75, 3.05) is 6.54 Å². The van der Waals surface area contributed by atoms with Crippen molar-refractivity contribution in [2.45, 2.75) is 71.6 Å². The van der Waals surface area contributed by atoms with Crippen molar-refractivity contribution in [1.29, 1.82) is 0 Å². The van der Waals surface area contributed by atoms with Crippen molar-refractivity contribution < 1.29 is 0 Å². The van der Waals surface area contributed by atoms with Crippen LogP contribution in [0, 0.1) is 29.6 Å². The standard InChI is InChI=1S/C17H33N/c1-3-13-6-5-7-15(10-13)17-11-14(4-2)8-9-16(17)12-18/h13-17H,3-12,18H2,1-2H3. The van der Waals surface area contributed by atoms with Crippen LogP contribution < -0.4 is 5.73 Å². The van der Waals surface area contributed by atoms with Crippen LogP contribution in [0.25, 0.3) is 0 Å². The van der Waals surface area contributed by atoms with Crippen LogP contribution in [0.3, 0.4) is 0 Å². The number of nitrogens with two attached hydrogens (primary N) is 1. The number of hydrogen-bond donors (Lipinski definition) is 1. The summed E-state index contributed by atoms with van der Waals surface area (Å²) in [6.45, 7) is 5.69. The predicted octanol–water partition coefficient (Wildman–Crippen LogP) is 4.60. The first-order valence-corrected chi connectivity index (χ1v) is 8.48. The average Bonchev–Trinajstić information content (AvgIpc) is 2.46. The molecule has 2 fully saturated rings. The molecular weight excluding hydrogens is 218 g/mol. The number of hydrogen-bond acceptors (Lipinski definition) is 1. The van der Waals surface area contributed by atoms with E-state index < -0.39 is 0 Å². The monoisotopic (exact) mass is 251 g/mol. The Morgan fingerprint density at radius 3 is 2.28 bits per heavy atom. The fourth-order valence-corrected chi connectivity index (χ4v) is 4.69. The van der Waals surface area contributed by atoms with Crippen LogP contribution in [0.2, 0.25) is 0 Å². The normalized spacial score (nSPS) is 41.8. The zero-order chi connectivity index (χ0) is 13.0. The molecular formula is C17H33N. The molecule has 2 aliphatic carbocycles. The largest absolute Gasteiger partial charge is 0.330 e. The van der Waals surface area contributed by atoms with Gasteiger partial charge in [0.05, 0.1) is 0 Å². The second kappa shape index (κ2) is 6.93. The van der Waals surface area contributed by atoms with Crippen LogP contribution in [0.15, 0.2) is 0 Å². The van der Waals surface area contributed by atoms with Gasteiger partial charge in [-0.1, -0.05) is 52.4 Å². The fourth-order valence-electron chi connectivity index (χ4n) is 4.69. The third-order valence-corrected chi connectivity index (χ3v) is 6.04. The Morgan fingerprint density at radius 2 is 1.61 bits per heavy atom. The lowest BCUT2D eigenvalue weighted by Gasteiger charge is -2.43. The lowest BCUT2D eigenvalue weighted by atomic mass is 9.63. The van der Waals surface area contributed by atoms with E-state index in [1.165, 1.54) is 57.8 Å². The van der Waals surface area contributed by atoms with Gasteiger partial charge in [0.15, 0.2) is 0 Å². The Balaban J connectivity index is 1.98. The van der Waals surface area contributed by atoms with E-state index in [0.29, 0.717) is 0 Å². The van der Waals surface area contributed by atoms with Crippen LogP contribution >= 0.6 is 0 Å². The molecule has 1 heteroatoms. The summed E-state index contributed by atoms with van der Waals surface area (Å²) in [4.78, 5) is 0. The molecule has 0 saturated heterocycles. The molecule has 0 heterocycles. The lowest BCUT2D eigenvalue weighted by Crippen LogP contribution is -2.36. The third kappa shape index (κ3) is 3.29. The zero-order valence-corrected chi connectivity index (χ0v) is 12.5. The Bertz CT molecular complexity index is 238. The summed E-state index contributed by atoms with van der Waals surface area (Å²) in [5.74, 6) is 4.83. The Hall–Kier alpha value is -0.0400. The summed E-state index contributed by atoms with van der Waals surface area (Å²) in [7, 11) is 0. The SMILES string of the molecule is CCC1CCCC(C2CC(CC)CCC2CN)C1. The maximum atomic E-state index is 6.05. The van der Waals surface area contributed by atoms with Crippen molar-refractivity contribution in [3.05, 3.63) is 0 Å². The molecule has 0 aliphatic heterocycles. The van der Waals surface area contributed by atoms with Crippen molar-refractivity contribution in [3.63, 3.8) is 0 Å². The molecule has 2 saturated carbocycles. The van der Waals surface area contributed by atoms with E-state index in [1.54, 1.807) is 0 Å². The van der Waals surface area contributed by atoms with E-state index in [9.17, 15) is 0 Å². The molecule has 18 heavy (non-hydrogen) atoms. The van der Waals surface area contributed by atoms with Crippen LogP contribution in [-0.4, -0.2) is 6.54 Å². The molecule has 5 unspecified atom stereocenters. The van der Waals surface area contributed by atoms with Gasteiger partial charge in [-0.15, -0.1) is 0 Å². The smallest absolute Gasteiger partial charge is 0.00461 e. The highest BCUT2D eigenvalue weighted by Gasteiger charge is 2.36. The van der Waals surface area contributed by atoms with Gasteiger partial charge in [-0.05, 0) is 55.4 Å². The van der Waals surface area contributed by atoms with E-state index in [1.807, 2.05) is 0 Å². The first-order chi connectivity index (χ1) is 8.78. The highest BCUT2D eigenvalue weighted by atomic mass is 14.6. The van der Waals surface area contributed by atoms with E-state index in [4.69, 9.17) is 5.73 Å². The topological polar surface area (TPSA) is 26.0 Å². The Kier molecular flexibility index (Phi) is 5.54. The fraction of sp³-hybridized carbons (Fsp3) is 1.00. The molecule has 0 amide bonds. The van der Waals surface area contributed by atoms with Crippen LogP contribution in [0.1, 0.15) is 71.6 Å². The van der Waals surface area contributed by atoms with E-state index in [0.717, 1.165) is 36.1 Å². The summed E-state index contributed by atoms with van der Waals surface area (Å²) >= 11 is 0. The first-order valence-electron chi connectivity index (χ1n) is 8.48. The van der Waals surface area contributed by atoms with Gasteiger partial charge in [-0.2, -0.15) is 0 Å². The molecule has 0 radical (unpaired) electrons. The average molecular weight is 251 g/mol. The number of rotatable bonds is 4. The third-order valence-electron chi connectivity index (χ3n) is 6.04. The van der Waals surface area contributed by atoms with Crippen molar-refractivity contribution in [2.24, 2.45) is 35.3 Å². The van der Waals surface area contributed by atoms with Crippen molar-refractivity contribution in [3.8, 4) is 0 Å². The molecule has 1 nitrogen and oxygen atoms in total.